The van der Waals surface area contributed by atoms with Crippen molar-refractivity contribution >= 4 is 51.2 Å². The Morgan fingerprint density at radius 3 is 2.42 bits per heavy atom. The second-order valence-corrected chi connectivity index (χ2v) is 3.49. The number of hydrogen-bond donors (Lipinski definition) is 1. The predicted molar refractivity (Wildman–Crippen MR) is 59.3 cm³/mol. The number of allylic oxidation sites excluding steroid dienone is 1. The molecule has 0 amide bonds. The Bertz CT molecular complexity index is 293. The normalized spacial score (nSPS) is 24.2. The van der Waals surface area contributed by atoms with Crippen molar-refractivity contribution in [2.45, 2.75) is 6.10 Å². The van der Waals surface area contributed by atoms with E-state index < -0.39 is 6.10 Å². The van der Waals surface area contributed by atoms with Crippen molar-refractivity contribution in [1.82, 2.24) is 0 Å². The van der Waals surface area contributed by atoms with E-state index in [1.807, 2.05) is 0 Å². The van der Waals surface area contributed by atoms with Crippen molar-refractivity contribution < 1.29 is 9.84 Å². The lowest BCUT2D eigenvalue weighted by atomic mass is 10.0. The Labute approximate surface area is 86.2 Å². The van der Waals surface area contributed by atoms with E-state index in [1.165, 1.54) is 13.2 Å². The van der Waals surface area contributed by atoms with Crippen LogP contribution in [-0.2, 0) is 4.74 Å². The van der Waals surface area contributed by atoms with Crippen molar-refractivity contribution in [1.29, 1.82) is 0 Å². The van der Waals surface area contributed by atoms with Crippen LogP contribution >= 0.6 is 36.7 Å². The van der Waals surface area contributed by atoms with Gasteiger partial charge in [-0.3, -0.25) is 0 Å². The number of hydrogen-bond acceptors (Lipinski definition) is 5. The van der Waals surface area contributed by atoms with Gasteiger partial charge in [0.1, 0.15) is 11.9 Å². The summed E-state index contributed by atoms with van der Waals surface area (Å²) in [6.45, 7) is 0. The summed E-state index contributed by atoms with van der Waals surface area (Å²) in [7, 11) is 1.50. The molecule has 0 spiro atoms. The van der Waals surface area contributed by atoms with Crippen molar-refractivity contribution in [3.63, 3.8) is 0 Å². The molecule has 12 heavy (non-hydrogen) atoms. The minimum Gasteiger partial charge on any atom is -0.507 e. The molecule has 0 fully saturated rings. The number of methoxy groups -OCH3 is 1. The van der Waals surface area contributed by atoms with Gasteiger partial charge in [0, 0.05) is 7.11 Å². The van der Waals surface area contributed by atoms with Crippen LogP contribution in [0.4, 0.5) is 0 Å². The lowest BCUT2D eigenvalue weighted by Crippen LogP contribution is -2.35. The summed E-state index contributed by atoms with van der Waals surface area (Å²) < 4.78 is 4.97. The molecule has 1 atom stereocenters. The first-order valence-corrected chi connectivity index (χ1v) is 4.37. The van der Waals surface area contributed by atoms with Crippen LogP contribution in [0.2, 0.25) is 0 Å². The van der Waals surface area contributed by atoms with Gasteiger partial charge in [0.05, 0.1) is 14.6 Å². The minimum absolute atomic E-state index is 0.0181. The van der Waals surface area contributed by atoms with Gasteiger partial charge in [-0.15, -0.1) is 0 Å². The van der Waals surface area contributed by atoms with E-state index >= 15 is 0 Å². The van der Waals surface area contributed by atoms with Crippen molar-refractivity contribution in [3.05, 3.63) is 11.8 Å². The summed E-state index contributed by atoms with van der Waals surface area (Å²) in [5.74, 6) is -0.0181. The molecule has 0 aromatic carbocycles. The number of rotatable bonds is 1. The van der Waals surface area contributed by atoms with Gasteiger partial charge in [-0.1, -0.05) is 36.7 Å². The second kappa shape index (κ2) is 3.66. The monoisotopic (exact) mass is 218 g/mol. The zero-order chi connectivity index (χ0) is 9.30. The first-order chi connectivity index (χ1) is 5.57. The Balaban J connectivity index is 3.07. The number of aliphatic hydroxyl groups is 1. The molecule has 0 saturated heterocycles. The van der Waals surface area contributed by atoms with E-state index in [-0.39, 0.29) is 10.6 Å². The molecule has 0 aliphatic heterocycles. The quantitative estimate of drug-likeness (QED) is 0.675. The van der Waals surface area contributed by atoms with Crippen LogP contribution in [0.3, 0.4) is 0 Å². The Morgan fingerprint density at radius 1 is 1.33 bits per heavy atom. The molecule has 5 heteroatoms. The summed E-state index contributed by atoms with van der Waals surface area (Å²) in [6, 6.07) is 0. The van der Waals surface area contributed by atoms with Gasteiger partial charge in [-0.25, -0.2) is 0 Å². The van der Waals surface area contributed by atoms with Gasteiger partial charge in [-0.2, -0.15) is 0 Å². The van der Waals surface area contributed by atoms with Crippen LogP contribution in [0, 0.1) is 0 Å². The average Bonchev–Trinajstić information content (AvgIpc) is 2.08. The van der Waals surface area contributed by atoms with E-state index in [1.54, 1.807) is 0 Å². The molecule has 0 aromatic heterocycles. The molecular weight excluding hydrogens is 212 g/mol. The van der Waals surface area contributed by atoms with Crippen molar-refractivity contribution in [3.8, 4) is 0 Å². The molecule has 0 bridgehead atoms. The zero-order valence-electron chi connectivity index (χ0n) is 6.23. The first kappa shape index (κ1) is 9.85. The third-order valence-corrected chi connectivity index (χ3v) is 3.02. The van der Waals surface area contributed by atoms with E-state index in [2.05, 4.69) is 0 Å². The summed E-state index contributed by atoms with van der Waals surface area (Å²) >= 11 is 14.7. The van der Waals surface area contributed by atoms with Crippen LogP contribution in [-0.4, -0.2) is 32.9 Å². The smallest absolute Gasteiger partial charge is 0.134 e. The van der Waals surface area contributed by atoms with Crippen molar-refractivity contribution in [2.75, 3.05) is 7.11 Å². The zero-order valence-corrected chi connectivity index (χ0v) is 8.68. The Morgan fingerprint density at radius 2 is 1.92 bits per heavy atom. The Hall–Kier alpha value is -0.230. The van der Waals surface area contributed by atoms with Gasteiger partial charge >= 0.3 is 0 Å². The van der Waals surface area contributed by atoms with Gasteiger partial charge in [-0.05, 0) is 6.08 Å². The molecule has 0 aromatic rings. The fraction of sp³-hybridized carbons (Fsp3) is 0.286. The maximum Gasteiger partial charge on any atom is 0.134 e. The van der Waals surface area contributed by atoms with Crippen LogP contribution in [0.25, 0.3) is 0 Å². The second-order valence-electron chi connectivity index (χ2n) is 2.23. The molecule has 64 valence electrons. The average molecular weight is 218 g/mol. The summed E-state index contributed by atoms with van der Waals surface area (Å²) in [6.07, 6.45) is 1.04. The van der Waals surface area contributed by atoms with E-state index in [0.29, 0.717) is 9.73 Å². The molecule has 1 aliphatic rings. The van der Waals surface area contributed by atoms with Gasteiger partial charge < -0.3 is 9.84 Å². The highest BCUT2D eigenvalue weighted by atomic mass is 32.1. The van der Waals surface area contributed by atoms with Crippen LogP contribution in [0.1, 0.15) is 0 Å². The van der Waals surface area contributed by atoms with Gasteiger partial charge in [0.2, 0.25) is 0 Å². The molecule has 1 aliphatic carbocycles. The molecule has 0 radical (unpaired) electrons. The van der Waals surface area contributed by atoms with Gasteiger partial charge in [0.25, 0.3) is 0 Å². The summed E-state index contributed by atoms with van der Waals surface area (Å²) in [5.41, 5.74) is 0. The maximum absolute atomic E-state index is 9.26. The van der Waals surface area contributed by atoms with Crippen LogP contribution in [0.15, 0.2) is 11.8 Å². The molecule has 1 unspecified atom stereocenters. The van der Waals surface area contributed by atoms with E-state index in [4.69, 9.17) is 41.4 Å². The SMILES string of the molecule is COC1C=C(O)C(=S)C(=S)C1=S. The standard InChI is InChI=1S/C7H6O2S3/c1-9-4-2-3(8)5(10)7(12)6(4)11/h2,4,8H,1H3. The fourth-order valence-electron chi connectivity index (χ4n) is 0.827. The topological polar surface area (TPSA) is 29.5 Å². The third-order valence-electron chi connectivity index (χ3n) is 1.48. The molecule has 2 nitrogen and oxygen atoms in total. The molecule has 1 N–H and O–H groups in total. The Kier molecular flexibility index (Phi) is 3.00. The number of ether oxygens (including phenoxy) is 1. The third kappa shape index (κ3) is 1.59. The van der Waals surface area contributed by atoms with Crippen molar-refractivity contribution in [2.24, 2.45) is 0 Å². The number of thiocarbonyl (C=S) groups is 3. The van der Waals surface area contributed by atoms with Crippen LogP contribution in [0.5, 0.6) is 0 Å². The molecule has 1 rings (SSSR count). The molecule has 0 heterocycles. The lowest BCUT2D eigenvalue weighted by Gasteiger charge is -2.19. The lowest BCUT2D eigenvalue weighted by molar-refractivity contribution is 0.191. The molecular formula is C7H6O2S3. The first-order valence-electron chi connectivity index (χ1n) is 3.14. The maximum atomic E-state index is 9.26. The number of aliphatic hydroxyl groups excluding tert-OH is 1. The highest BCUT2D eigenvalue weighted by Crippen LogP contribution is 2.13. The highest BCUT2D eigenvalue weighted by Gasteiger charge is 2.26. The molecule has 0 saturated carbocycles. The fourth-order valence-corrected chi connectivity index (χ4v) is 1.56. The minimum atomic E-state index is -0.417. The van der Waals surface area contributed by atoms with Crippen LogP contribution < -0.4 is 0 Å². The summed E-state index contributed by atoms with van der Waals surface area (Å²) in [5, 5.41) is 9.26. The largest absolute Gasteiger partial charge is 0.507 e. The van der Waals surface area contributed by atoms with Gasteiger partial charge in [0.15, 0.2) is 0 Å². The van der Waals surface area contributed by atoms with E-state index in [9.17, 15) is 5.11 Å². The highest BCUT2D eigenvalue weighted by molar-refractivity contribution is 7.95. The predicted octanol–water partition coefficient (Wildman–Crippen LogP) is 1.57. The summed E-state index contributed by atoms with van der Waals surface area (Å²) in [4.78, 5) is 1.05. The van der Waals surface area contributed by atoms with E-state index in [0.717, 1.165) is 0 Å².